The van der Waals surface area contributed by atoms with Gasteiger partial charge >= 0.3 is 5.97 Å². The lowest BCUT2D eigenvalue weighted by atomic mass is 10.3. The maximum absolute atomic E-state index is 11.1. The first-order chi connectivity index (χ1) is 8.58. The Kier molecular flexibility index (Phi) is 5.71. The first kappa shape index (κ1) is 14.6. The summed E-state index contributed by atoms with van der Waals surface area (Å²) in [7, 11) is 2.95. The Morgan fingerprint density at radius 2 is 2.11 bits per heavy atom. The Morgan fingerprint density at radius 1 is 1.39 bits per heavy atom. The Labute approximate surface area is 115 Å². The summed E-state index contributed by atoms with van der Waals surface area (Å²) in [5, 5.41) is 0. The monoisotopic (exact) mass is 314 g/mol. The number of hydrogen-bond acceptors (Lipinski definition) is 4. The summed E-state index contributed by atoms with van der Waals surface area (Å²) in [5.41, 5.74) is 0.516. The van der Waals surface area contributed by atoms with E-state index in [1.54, 1.807) is 32.2 Å². The minimum Gasteiger partial charge on any atom is -0.497 e. The molecule has 5 heteroatoms. The first-order valence-electron chi connectivity index (χ1n) is 5.30. The minimum absolute atomic E-state index is 0.297. The summed E-state index contributed by atoms with van der Waals surface area (Å²) in [5.74, 6) is 1.08. The molecule has 0 aliphatic carbocycles. The number of carbonyl (C=O) groups excluding carboxylic acids is 1. The molecule has 1 aromatic rings. The van der Waals surface area contributed by atoms with Crippen molar-refractivity contribution < 1.29 is 19.0 Å². The van der Waals surface area contributed by atoms with Gasteiger partial charge in [-0.3, -0.25) is 0 Å². The van der Waals surface area contributed by atoms with Crippen LogP contribution in [-0.4, -0.2) is 26.8 Å². The van der Waals surface area contributed by atoms with Crippen LogP contribution in [0.3, 0.4) is 0 Å². The van der Waals surface area contributed by atoms with Crippen LogP contribution in [0.1, 0.15) is 6.92 Å². The van der Waals surface area contributed by atoms with Crippen molar-refractivity contribution in [1.29, 1.82) is 0 Å². The molecule has 1 rings (SSSR count). The number of rotatable bonds is 5. The smallest absolute Gasteiger partial charge is 0.333 e. The van der Waals surface area contributed by atoms with Crippen molar-refractivity contribution >= 4 is 21.9 Å². The number of ether oxygens (including phenoxy) is 3. The molecule has 1 aromatic carbocycles. The third-order valence-electron chi connectivity index (χ3n) is 2.27. The topological polar surface area (TPSA) is 44.8 Å². The second-order valence-electron chi connectivity index (χ2n) is 3.49. The molecule has 0 aliphatic rings. The Hall–Kier alpha value is -1.49. The van der Waals surface area contributed by atoms with E-state index in [2.05, 4.69) is 20.7 Å². The predicted molar refractivity (Wildman–Crippen MR) is 72.0 cm³/mol. The molecule has 4 nitrogen and oxygen atoms in total. The fourth-order valence-corrected chi connectivity index (χ4v) is 1.70. The SMILES string of the molecule is COC(=O)/C(C)=C/COc1ccc(OC)cc1Br. The minimum atomic E-state index is -0.354. The van der Waals surface area contributed by atoms with E-state index in [9.17, 15) is 4.79 Å². The highest BCUT2D eigenvalue weighted by atomic mass is 79.9. The van der Waals surface area contributed by atoms with E-state index in [-0.39, 0.29) is 5.97 Å². The fraction of sp³-hybridized carbons (Fsp3) is 0.308. The zero-order valence-corrected chi connectivity index (χ0v) is 12.1. The molecule has 0 saturated carbocycles. The quantitative estimate of drug-likeness (QED) is 0.619. The molecule has 0 N–H and O–H groups in total. The molecule has 0 heterocycles. The Bertz CT molecular complexity index is 454. The van der Waals surface area contributed by atoms with Crippen LogP contribution in [0.2, 0.25) is 0 Å². The molecule has 0 unspecified atom stereocenters. The van der Waals surface area contributed by atoms with Crippen LogP contribution in [0.4, 0.5) is 0 Å². The van der Waals surface area contributed by atoms with E-state index in [0.717, 1.165) is 10.2 Å². The lowest BCUT2D eigenvalue weighted by Crippen LogP contribution is -2.04. The van der Waals surface area contributed by atoms with Crippen LogP contribution < -0.4 is 9.47 Å². The largest absolute Gasteiger partial charge is 0.497 e. The normalized spacial score (nSPS) is 11.0. The highest BCUT2D eigenvalue weighted by Gasteiger charge is 2.04. The van der Waals surface area contributed by atoms with Gasteiger partial charge in [0.2, 0.25) is 0 Å². The predicted octanol–water partition coefficient (Wildman–Crippen LogP) is 2.96. The molecule has 98 valence electrons. The highest BCUT2D eigenvalue weighted by molar-refractivity contribution is 9.10. The molecule has 18 heavy (non-hydrogen) atoms. The van der Waals surface area contributed by atoms with Crippen molar-refractivity contribution in [3.05, 3.63) is 34.3 Å². The lowest BCUT2D eigenvalue weighted by Gasteiger charge is -2.08. The van der Waals surface area contributed by atoms with Crippen molar-refractivity contribution in [1.82, 2.24) is 0 Å². The second kappa shape index (κ2) is 7.06. The fourth-order valence-electron chi connectivity index (χ4n) is 1.23. The summed E-state index contributed by atoms with van der Waals surface area (Å²) in [6, 6.07) is 5.41. The van der Waals surface area contributed by atoms with Gasteiger partial charge in [-0.1, -0.05) is 0 Å². The van der Waals surface area contributed by atoms with Gasteiger partial charge in [0.25, 0.3) is 0 Å². The van der Waals surface area contributed by atoms with Crippen molar-refractivity contribution in [2.75, 3.05) is 20.8 Å². The summed E-state index contributed by atoms with van der Waals surface area (Å²) < 4.78 is 16.0. The van der Waals surface area contributed by atoms with Crippen LogP contribution in [0, 0.1) is 0 Å². The molecule has 0 saturated heterocycles. The number of esters is 1. The average Bonchev–Trinajstić information content (AvgIpc) is 2.39. The standard InChI is InChI=1S/C13H15BrO4/c1-9(13(15)17-3)6-7-18-12-5-4-10(16-2)8-11(12)14/h4-6,8H,7H2,1-3H3/b9-6+. The lowest BCUT2D eigenvalue weighted by molar-refractivity contribution is -0.136. The summed E-state index contributed by atoms with van der Waals surface area (Å²) >= 11 is 3.38. The van der Waals surface area contributed by atoms with Crippen molar-refractivity contribution in [3.8, 4) is 11.5 Å². The molecular weight excluding hydrogens is 300 g/mol. The first-order valence-corrected chi connectivity index (χ1v) is 6.09. The van der Waals surface area contributed by atoms with E-state index in [0.29, 0.717) is 17.9 Å². The Morgan fingerprint density at radius 3 is 2.67 bits per heavy atom. The van der Waals surface area contributed by atoms with Crippen molar-refractivity contribution in [2.45, 2.75) is 6.92 Å². The van der Waals surface area contributed by atoms with E-state index >= 15 is 0 Å². The molecule has 0 bridgehead atoms. The van der Waals surface area contributed by atoms with Gasteiger partial charge in [0.05, 0.1) is 18.7 Å². The molecular formula is C13H15BrO4. The Balaban J connectivity index is 2.62. The van der Waals surface area contributed by atoms with Crippen LogP contribution >= 0.6 is 15.9 Å². The third kappa shape index (κ3) is 4.07. The molecule has 0 spiro atoms. The van der Waals surface area contributed by atoms with Gasteiger partial charge in [0, 0.05) is 5.57 Å². The molecule has 0 atom stereocenters. The third-order valence-corrected chi connectivity index (χ3v) is 2.89. The van der Waals surface area contributed by atoms with Crippen LogP contribution in [0.15, 0.2) is 34.3 Å². The zero-order chi connectivity index (χ0) is 13.5. The maximum Gasteiger partial charge on any atom is 0.333 e. The number of benzene rings is 1. The van der Waals surface area contributed by atoms with Gasteiger partial charge < -0.3 is 14.2 Å². The van der Waals surface area contributed by atoms with Gasteiger partial charge in [-0.25, -0.2) is 4.79 Å². The number of hydrogen-bond donors (Lipinski definition) is 0. The molecule has 0 radical (unpaired) electrons. The summed E-state index contributed by atoms with van der Waals surface area (Å²) in [4.78, 5) is 11.1. The van der Waals surface area contributed by atoms with Gasteiger partial charge in [-0.15, -0.1) is 0 Å². The van der Waals surface area contributed by atoms with E-state index < -0.39 is 0 Å². The number of methoxy groups -OCH3 is 2. The van der Waals surface area contributed by atoms with Gasteiger partial charge in [0.1, 0.15) is 18.1 Å². The zero-order valence-electron chi connectivity index (χ0n) is 10.5. The van der Waals surface area contributed by atoms with Crippen LogP contribution in [0.5, 0.6) is 11.5 Å². The molecule has 0 fully saturated rings. The number of halogens is 1. The van der Waals surface area contributed by atoms with Gasteiger partial charge in [0.15, 0.2) is 0 Å². The summed E-state index contributed by atoms with van der Waals surface area (Å²) in [6.07, 6.45) is 1.67. The van der Waals surface area contributed by atoms with Gasteiger partial charge in [-0.2, -0.15) is 0 Å². The van der Waals surface area contributed by atoms with Crippen LogP contribution in [0.25, 0.3) is 0 Å². The number of carbonyl (C=O) groups is 1. The highest BCUT2D eigenvalue weighted by Crippen LogP contribution is 2.29. The molecule has 0 aromatic heterocycles. The van der Waals surface area contributed by atoms with E-state index in [1.165, 1.54) is 7.11 Å². The van der Waals surface area contributed by atoms with Crippen molar-refractivity contribution in [3.63, 3.8) is 0 Å². The van der Waals surface area contributed by atoms with E-state index in [1.807, 2.05) is 6.07 Å². The van der Waals surface area contributed by atoms with E-state index in [4.69, 9.17) is 9.47 Å². The molecule has 0 amide bonds. The molecule has 0 aliphatic heterocycles. The summed E-state index contributed by atoms with van der Waals surface area (Å²) in [6.45, 7) is 1.98. The average molecular weight is 315 g/mol. The maximum atomic E-state index is 11.1. The second-order valence-corrected chi connectivity index (χ2v) is 4.34. The van der Waals surface area contributed by atoms with Crippen LogP contribution in [-0.2, 0) is 9.53 Å². The van der Waals surface area contributed by atoms with Crippen molar-refractivity contribution in [2.24, 2.45) is 0 Å². The van der Waals surface area contributed by atoms with Gasteiger partial charge in [-0.05, 0) is 47.1 Å².